The van der Waals surface area contributed by atoms with Crippen LogP contribution < -0.4 is 5.32 Å². The molecule has 2 rings (SSSR count). The predicted octanol–water partition coefficient (Wildman–Crippen LogP) is 5.06. The van der Waals surface area contributed by atoms with E-state index in [0.717, 1.165) is 23.5 Å². The van der Waals surface area contributed by atoms with Crippen molar-refractivity contribution in [3.63, 3.8) is 0 Å². The molecule has 1 aromatic carbocycles. The van der Waals surface area contributed by atoms with Gasteiger partial charge < -0.3 is 5.32 Å². The molecule has 1 atom stereocenters. The lowest BCUT2D eigenvalue weighted by Crippen LogP contribution is -2.38. The second kappa shape index (κ2) is 10.00. The van der Waals surface area contributed by atoms with Gasteiger partial charge in [-0.25, -0.2) is 0 Å². The van der Waals surface area contributed by atoms with Crippen LogP contribution in [0.4, 0.5) is 0 Å². The third kappa shape index (κ3) is 5.59. The number of thioether (sulfide) groups is 1. The zero-order chi connectivity index (χ0) is 18.2. The number of hydrogen-bond donors (Lipinski definition) is 1. The number of rotatable bonds is 9. The zero-order valence-corrected chi connectivity index (χ0v) is 17.1. The molecule has 5 heteroatoms. The summed E-state index contributed by atoms with van der Waals surface area (Å²) in [5.41, 5.74) is 2.05. The SMILES string of the molecule is CCN(CC)C(CNC(=O)c1ccccc1SC(C)C)c1ccsc1. The van der Waals surface area contributed by atoms with Gasteiger partial charge in [0.25, 0.3) is 5.91 Å². The van der Waals surface area contributed by atoms with Crippen molar-refractivity contribution in [2.75, 3.05) is 19.6 Å². The molecule has 0 fully saturated rings. The van der Waals surface area contributed by atoms with E-state index < -0.39 is 0 Å². The molecule has 25 heavy (non-hydrogen) atoms. The minimum absolute atomic E-state index is 0.0103. The Labute approximate surface area is 159 Å². The number of thiophene rings is 1. The van der Waals surface area contributed by atoms with Gasteiger partial charge in [-0.2, -0.15) is 11.3 Å². The molecule has 1 N–H and O–H groups in total. The van der Waals surface area contributed by atoms with Gasteiger partial charge in [-0.15, -0.1) is 11.8 Å². The van der Waals surface area contributed by atoms with E-state index >= 15 is 0 Å². The third-order valence-electron chi connectivity index (χ3n) is 4.13. The molecular formula is C20H28N2OS2. The highest BCUT2D eigenvalue weighted by atomic mass is 32.2. The maximum Gasteiger partial charge on any atom is 0.252 e. The van der Waals surface area contributed by atoms with E-state index in [9.17, 15) is 4.79 Å². The van der Waals surface area contributed by atoms with Crippen LogP contribution in [0.5, 0.6) is 0 Å². The van der Waals surface area contributed by atoms with E-state index in [4.69, 9.17) is 0 Å². The minimum atomic E-state index is 0.0103. The molecule has 1 aromatic heterocycles. The van der Waals surface area contributed by atoms with Crippen LogP contribution in [0, 0.1) is 0 Å². The van der Waals surface area contributed by atoms with Crippen LogP contribution in [0.15, 0.2) is 46.0 Å². The van der Waals surface area contributed by atoms with Gasteiger partial charge in [0.05, 0.1) is 11.6 Å². The first-order chi connectivity index (χ1) is 12.1. The summed E-state index contributed by atoms with van der Waals surface area (Å²) in [6.45, 7) is 11.2. The van der Waals surface area contributed by atoms with Gasteiger partial charge in [0.1, 0.15) is 0 Å². The number of carbonyl (C=O) groups is 1. The summed E-state index contributed by atoms with van der Waals surface area (Å²) < 4.78 is 0. The average Bonchev–Trinajstić information content (AvgIpc) is 3.12. The van der Waals surface area contributed by atoms with Crippen LogP contribution in [0.3, 0.4) is 0 Å². The second-order valence-electron chi connectivity index (χ2n) is 6.17. The predicted molar refractivity (Wildman–Crippen MR) is 110 cm³/mol. The molecule has 0 aliphatic carbocycles. The van der Waals surface area contributed by atoms with Crippen molar-refractivity contribution in [2.24, 2.45) is 0 Å². The van der Waals surface area contributed by atoms with Gasteiger partial charge in [-0.05, 0) is 47.6 Å². The minimum Gasteiger partial charge on any atom is -0.350 e. The number of nitrogens with zero attached hydrogens (tertiary/aromatic N) is 1. The average molecular weight is 377 g/mol. The first kappa shape index (κ1) is 20.0. The van der Waals surface area contributed by atoms with Crippen molar-refractivity contribution in [2.45, 2.75) is 43.9 Å². The van der Waals surface area contributed by atoms with Crippen LogP contribution in [0.25, 0.3) is 0 Å². The molecule has 1 amide bonds. The molecule has 0 aliphatic rings. The maximum atomic E-state index is 12.8. The van der Waals surface area contributed by atoms with Crippen LogP contribution in [0.1, 0.15) is 49.7 Å². The lowest BCUT2D eigenvalue weighted by molar-refractivity contribution is 0.0932. The van der Waals surface area contributed by atoms with E-state index in [-0.39, 0.29) is 11.9 Å². The zero-order valence-electron chi connectivity index (χ0n) is 15.5. The number of nitrogens with one attached hydrogen (secondary N) is 1. The van der Waals surface area contributed by atoms with Crippen LogP contribution >= 0.6 is 23.1 Å². The fourth-order valence-corrected chi connectivity index (χ4v) is 4.54. The van der Waals surface area contributed by atoms with Gasteiger partial charge in [-0.3, -0.25) is 9.69 Å². The molecule has 0 radical (unpaired) electrons. The summed E-state index contributed by atoms with van der Waals surface area (Å²) in [7, 11) is 0. The normalized spacial score (nSPS) is 12.6. The Morgan fingerprint density at radius 3 is 2.52 bits per heavy atom. The quantitative estimate of drug-likeness (QED) is 0.621. The van der Waals surface area contributed by atoms with Crippen molar-refractivity contribution < 1.29 is 4.79 Å². The van der Waals surface area contributed by atoms with E-state index in [1.165, 1.54) is 5.56 Å². The maximum absolute atomic E-state index is 12.8. The monoisotopic (exact) mass is 376 g/mol. The highest BCUT2D eigenvalue weighted by Gasteiger charge is 2.20. The van der Waals surface area contributed by atoms with Crippen molar-refractivity contribution in [3.05, 3.63) is 52.2 Å². The van der Waals surface area contributed by atoms with Crippen LogP contribution in [0.2, 0.25) is 0 Å². The van der Waals surface area contributed by atoms with E-state index in [1.54, 1.807) is 23.1 Å². The summed E-state index contributed by atoms with van der Waals surface area (Å²) in [6.07, 6.45) is 0. The fourth-order valence-electron chi connectivity index (χ4n) is 2.88. The topological polar surface area (TPSA) is 32.3 Å². The number of likely N-dealkylation sites (N-methyl/N-ethyl adjacent to an activating group) is 1. The van der Waals surface area contributed by atoms with E-state index in [1.807, 2.05) is 24.3 Å². The fraction of sp³-hybridized carbons (Fsp3) is 0.450. The van der Waals surface area contributed by atoms with Crippen LogP contribution in [-0.4, -0.2) is 35.7 Å². The molecular weight excluding hydrogens is 348 g/mol. The standard InChI is InChI=1S/C20H28N2OS2/c1-5-22(6-2)18(16-11-12-24-14-16)13-21-20(23)17-9-7-8-10-19(17)25-15(3)4/h7-12,14-15,18H,5-6,13H2,1-4H3,(H,21,23). The highest BCUT2D eigenvalue weighted by Crippen LogP contribution is 2.27. The molecule has 1 unspecified atom stereocenters. The molecule has 0 bridgehead atoms. The van der Waals surface area contributed by atoms with Crippen molar-refractivity contribution in [3.8, 4) is 0 Å². The largest absolute Gasteiger partial charge is 0.350 e. The molecule has 136 valence electrons. The van der Waals surface area contributed by atoms with Gasteiger partial charge in [-0.1, -0.05) is 39.8 Å². The third-order valence-corrected chi connectivity index (χ3v) is 5.91. The Morgan fingerprint density at radius 1 is 1.20 bits per heavy atom. The van der Waals surface area contributed by atoms with Crippen molar-refractivity contribution in [1.29, 1.82) is 0 Å². The summed E-state index contributed by atoms with van der Waals surface area (Å²) in [5.74, 6) is 0.0103. The number of amides is 1. The van der Waals surface area contributed by atoms with Crippen molar-refractivity contribution >= 4 is 29.0 Å². The smallest absolute Gasteiger partial charge is 0.252 e. The van der Waals surface area contributed by atoms with Gasteiger partial charge in [0.15, 0.2) is 0 Å². The van der Waals surface area contributed by atoms with Crippen molar-refractivity contribution in [1.82, 2.24) is 10.2 Å². The van der Waals surface area contributed by atoms with Crippen LogP contribution in [-0.2, 0) is 0 Å². The molecule has 3 nitrogen and oxygen atoms in total. The molecule has 0 aliphatic heterocycles. The molecule has 0 saturated carbocycles. The van der Waals surface area contributed by atoms with Gasteiger partial charge >= 0.3 is 0 Å². The second-order valence-corrected chi connectivity index (χ2v) is 8.56. The van der Waals surface area contributed by atoms with E-state index in [2.05, 4.69) is 54.7 Å². The van der Waals surface area contributed by atoms with Gasteiger partial charge in [0, 0.05) is 16.7 Å². The first-order valence-corrected chi connectivity index (χ1v) is 10.7. The lowest BCUT2D eigenvalue weighted by Gasteiger charge is -2.29. The Hall–Kier alpha value is -1.30. The number of carbonyl (C=O) groups excluding carboxylic acids is 1. The molecule has 0 spiro atoms. The Balaban J connectivity index is 2.11. The molecule has 1 heterocycles. The molecule has 2 aromatic rings. The number of benzene rings is 1. The Kier molecular flexibility index (Phi) is 8.00. The highest BCUT2D eigenvalue weighted by molar-refractivity contribution is 8.00. The summed E-state index contributed by atoms with van der Waals surface area (Å²) in [4.78, 5) is 16.2. The summed E-state index contributed by atoms with van der Waals surface area (Å²) >= 11 is 3.43. The Bertz CT molecular complexity index is 651. The summed E-state index contributed by atoms with van der Waals surface area (Å²) in [6, 6.07) is 10.2. The molecule has 0 saturated heterocycles. The lowest BCUT2D eigenvalue weighted by atomic mass is 10.1. The first-order valence-electron chi connectivity index (χ1n) is 8.86. The van der Waals surface area contributed by atoms with E-state index in [0.29, 0.717) is 11.8 Å². The number of hydrogen-bond acceptors (Lipinski definition) is 4. The Morgan fingerprint density at radius 2 is 1.92 bits per heavy atom. The summed E-state index contributed by atoms with van der Waals surface area (Å²) in [5, 5.41) is 7.89. The van der Waals surface area contributed by atoms with Gasteiger partial charge in [0.2, 0.25) is 0 Å².